The predicted molar refractivity (Wildman–Crippen MR) is 131 cm³/mol. The molecule has 0 saturated heterocycles. The number of thioether (sulfide) groups is 1. The lowest BCUT2D eigenvalue weighted by atomic mass is 10.1. The highest BCUT2D eigenvalue weighted by Crippen LogP contribution is 2.22. The minimum Gasteiger partial charge on any atom is -0.497 e. The van der Waals surface area contributed by atoms with Gasteiger partial charge in [-0.15, -0.1) is 10.2 Å². The normalized spacial score (nSPS) is 11.5. The number of methoxy groups -OCH3 is 1. The number of nitro groups is 1. The molecule has 0 bridgehead atoms. The van der Waals surface area contributed by atoms with Crippen LogP contribution in [0, 0.1) is 10.1 Å². The van der Waals surface area contributed by atoms with Crippen LogP contribution < -0.4 is 15.4 Å². The van der Waals surface area contributed by atoms with Gasteiger partial charge in [0.05, 0.1) is 30.2 Å². The van der Waals surface area contributed by atoms with Crippen molar-refractivity contribution in [1.82, 2.24) is 20.1 Å². The number of non-ortho nitro benzene ring substituents is 1. The van der Waals surface area contributed by atoms with Crippen LogP contribution in [-0.4, -0.2) is 44.4 Å². The summed E-state index contributed by atoms with van der Waals surface area (Å²) in [6.07, 6.45) is 0.221. The summed E-state index contributed by atoms with van der Waals surface area (Å²) in [7, 11) is 1.59. The van der Waals surface area contributed by atoms with Gasteiger partial charge in [0.2, 0.25) is 11.8 Å². The average molecular weight is 499 g/mol. The number of nitrogens with one attached hydrogen (secondary N) is 2. The highest BCUT2D eigenvalue weighted by molar-refractivity contribution is 7.99. The van der Waals surface area contributed by atoms with E-state index < -0.39 is 4.92 Å². The monoisotopic (exact) mass is 498 g/mol. The Balaban J connectivity index is 1.55. The second-order valence-corrected chi connectivity index (χ2v) is 8.48. The maximum Gasteiger partial charge on any atom is 0.269 e. The summed E-state index contributed by atoms with van der Waals surface area (Å²) in [5, 5.41) is 25.3. The number of nitrogens with zero attached hydrogens (tertiary/aromatic N) is 4. The molecule has 0 unspecified atom stereocenters. The van der Waals surface area contributed by atoms with Crippen LogP contribution in [0.25, 0.3) is 0 Å². The Kier molecular flexibility index (Phi) is 8.79. The lowest BCUT2D eigenvalue weighted by molar-refractivity contribution is -0.384. The van der Waals surface area contributed by atoms with Crippen LogP contribution >= 0.6 is 11.8 Å². The molecule has 1 aromatic heterocycles. The van der Waals surface area contributed by atoms with Gasteiger partial charge in [-0.3, -0.25) is 19.7 Å². The molecule has 0 aliphatic rings. The van der Waals surface area contributed by atoms with Gasteiger partial charge in [-0.05, 0) is 43.7 Å². The first-order valence-corrected chi connectivity index (χ1v) is 11.8. The Hall–Kier alpha value is -3.93. The van der Waals surface area contributed by atoms with Gasteiger partial charge in [-0.25, -0.2) is 0 Å². The van der Waals surface area contributed by atoms with E-state index in [0.29, 0.717) is 23.2 Å². The van der Waals surface area contributed by atoms with E-state index in [2.05, 4.69) is 20.8 Å². The van der Waals surface area contributed by atoms with Crippen LogP contribution in [0.3, 0.4) is 0 Å². The van der Waals surface area contributed by atoms with Gasteiger partial charge in [-0.1, -0.05) is 23.9 Å². The summed E-state index contributed by atoms with van der Waals surface area (Å²) >= 11 is 1.21. The SMILES string of the molecule is CCn1c(SCC(=O)Nc2ccc([N+](=O)[O-])cc2)nnc1[C@H](C)NC(=O)Cc1ccc(OC)cc1. The lowest BCUT2D eigenvalue weighted by Crippen LogP contribution is -2.30. The number of carbonyl (C=O) groups excluding carboxylic acids is 2. The number of hydrogen-bond acceptors (Lipinski definition) is 8. The summed E-state index contributed by atoms with van der Waals surface area (Å²) in [6, 6.07) is 12.5. The molecule has 0 fully saturated rings. The van der Waals surface area contributed by atoms with E-state index in [1.165, 1.54) is 36.0 Å². The van der Waals surface area contributed by atoms with E-state index in [1.807, 2.05) is 30.5 Å². The largest absolute Gasteiger partial charge is 0.497 e. The highest BCUT2D eigenvalue weighted by atomic mass is 32.2. The Labute approximate surface area is 206 Å². The molecule has 0 saturated carbocycles. The summed E-state index contributed by atoms with van der Waals surface area (Å²) in [5.74, 6) is 0.966. The van der Waals surface area contributed by atoms with Gasteiger partial charge in [0.15, 0.2) is 11.0 Å². The number of hydrogen-bond donors (Lipinski definition) is 2. The Morgan fingerprint density at radius 3 is 2.40 bits per heavy atom. The predicted octanol–water partition coefficient (Wildman–Crippen LogP) is 3.37. The van der Waals surface area contributed by atoms with Crippen molar-refractivity contribution in [1.29, 1.82) is 0 Å². The van der Waals surface area contributed by atoms with Crippen molar-refractivity contribution in [3.8, 4) is 5.75 Å². The molecule has 2 amide bonds. The molecule has 0 spiro atoms. The number of rotatable bonds is 11. The van der Waals surface area contributed by atoms with Crippen LogP contribution in [0.5, 0.6) is 5.75 Å². The van der Waals surface area contributed by atoms with Crippen molar-refractivity contribution in [2.45, 2.75) is 38.0 Å². The average Bonchev–Trinajstić information content (AvgIpc) is 3.26. The van der Waals surface area contributed by atoms with E-state index in [0.717, 1.165) is 11.3 Å². The Morgan fingerprint density at radius 1 is 1.11 bits per heavy atom. The number of benzene rings is 2. The van der Waals surface area contributed by atoms with Crippen molar-refractivity contribution in [2.75, 3.05) is 18.2 Å². The minimum atomic E-state index is -0.501. The molecule has 2 aromatic carbocycles. The molecule has 0 aliphatic heterocycles. The van der Waals surface area contributed by atoms with Gasteiger partial charge < -0.3 is 19.9 Å². The highest BCUT2D eigenvalue weighted by Gasteiger charge is 2.20. The summed E-state index contributed by atoms with van der Waals surface area (Å²) in [4.78, 5) is 35.1. The van der Waals surface area contributed by atoms with E-state index >= 15 is 0 Å². The Morgan fingerprint density at radius 2 is 1.80 bits per heavy atom. The lowest BCUT2D eigenvalue weighted by Gasteiger charge is -2.15. The standard InChI is InChI=1S/C23H26N6O5S/c1-4-28-22(15(2)24-20(30)13-16-5-11-19(34-3)12-6-16)26-27-23(28)35-14-21(31)25-17-7-9-18(10-8-17)29(32)33/h5-12,15H,4,13-14H2,1-3H3,(H,24,30)(H,25,31)/t15-/m0/s1. The molecule has 11 nitrogen and oxygen atoms in total. The fraction of sp³-hybridized carbons (Fsp3) is 0.304. The first-order valence-electron chi connectivity index (χ1n) is 10.8. The topological polar surface area (TPSA) is 141 Å². The molecule has 0 radical (unpaired) electrons. The molecule has 12 heteroatoms. The second kappa shape index (κ2) is 12.0. The maximum absolute atomic E-state index is 12.5. The van der Waals surface area contributed by atoms with E-state index in [9.17, 15) is 19.7 Å². The molecule has 35 heavy (non-hydrogen) atoms. The minimum absolute atomic E-state index is 0.0499. The molecule has 1 heterocycles. The third-order valence-corrected chi connectivity index (χ3v) is 6.01. The summed E-state index contributed by atoms with van der Waals surface area (Å²) in [6.45, 7) is 4.32. The number of anilines is 1. The van der Waals surface area contributed by atoms with E-state index in [-0.39, 0.29) is 35.7 Å². The third kappa shape index (κ3) is 7.03. The quantitative estimate of drug-likeness (QED) is 0.233. The molecule has 2 N–H and O–H groups in total. The van der Waals surface area contributed by atoms with Crippen LogP contribution in [0.2, 0.25) is 0 Å². The van der Waals surface area contributed by atoms with Crippen LogP contribution in [0.15, 0.2) is 53.7 Å². The van der Waals surface area contributed by atoms with Gasteiger partial charge in [0.25, 0.3) is 5.69 Å². The number of ether oxygens (including phenoxy) is 1. The van der Waals surface area contributed by atoms with Crippen LogP contribution in [0.4, 0.5) is 11.4 Å². The number of aromatic nitrogens is 3. The fourth-order valence-corrected chi connectivity index (χ4v) is 4.11. The second-order valence-electron chi connectivity index (χ2n) is 7.54. The Bertz CT molecular complexity index is 1180. The van der Waals surface area contributed by atoms with E-state index in [4.69, 9.17) is 4.74 Å². The van der Waals surface area contributed by atoms with Crippen molar-refractivity contribution >= 4 is 35.0 Å². The smallest absolute Gasteiger partial charge is 0.269 e. The molecular weight excluding hydrogens is 472 g/mol. The zero-order chi connectivity index (χ0) is 25.4. The molecule has 1 atom stereocenters. The summed E-state index contributed by atoms with van der Waals surface area (Å²) < 4.78 is 6.98. The first-order chi connectivity index (χ1) is 16.8. The number of nitro benzene ring substituents is 1. The van der Waals surface area contributed by atoms with Crippen molar-refractivity contribution in [3.63, 3.8) is 0 Å². The maximum atomic E-state index is 12.5. The van der Waals surface area contributed by atoms with Crippen molar-refractivity contribution in [2.24, 2.45) is 0 Å². The third-order valence-electron chi connectivity index (χ3n) is 5.04. The molecule has 184 valence electrons. The van der Waals surface area contributed by atoms with Crippen molar-refractivity contribution < 1.29 is 19.2 Å². The fourth-order valence-electron chi connectivity index (χ4n) is 3.30. The number of carbonyl (C=O) groups is 2. The molecule has 3 rings (SSSR count). The molecular formula is C23H26N6O5S. The van der Waals surface area contributed by atoms with Gasteiger partial charge in [0, 0.05) is 24.4 Å². The summed E-state index contributed by atoms with van der Waals surface area (Å²) in [5.41, 5.74) is 1.28. The zero-order valence-corrected chi connectivity index (χ0v) is 20.4. The first kappa shape index (κ1) is 25.7. The molecule has 3 aromatic rings. The van der Waals surface area contributed by atoms with Crippen LogP contribution in [-0.2, 0) is 22.6 Å². The van der Waals surface area contributed by atoms with Gasteiger partial charge >= 0.3 is 0 Å². The molecule has 0 aliphatic carbocycles. The van der Waals surface area contributed by atoms with Gasteiger partial charge in [-0.2, -0.15) is 0 Å². The van der Waals surface area contributed by atoms with E-state index in [1.54, 1.807) is 19.2 Å². The zero-order valence-electron chi connectivity index (χ0n) is 19.6. The van der Waals surface area contributed by atoms with Crippen LogP contribution in [0.1, 0.15) is 31.3 Å². The van der Waals surface area contributed by atoms with Gasteiger partial charge in [0.1, 0.15) is 5.75 Å². The van der Waals surface area contributed by atoms with Crippen molar-refractivity contribution in [3.05, 3.63) is 70.0 Å². The number of amides is 2.